The van der Waals surface area contributed by atoms with Crippen LogP contribution in [-0.4, -0.2) is 79.6 Å². The van der Waals surface area contributed by atoms with Crippen LogP contribution in [0.5, 0.6) is 0 Å². The Bertz CT molecular complexity index is 1160. The molecule has 0 radical (unpaired) electrons. The number of carbonyl (C=O) groups is 3. The fraction of sp³-hybridized carbons (Fsp3) is 0.567. The van der Waals surface area contributed by atoms with Crippen molar-refractivity contribution in [2.24, 2.45) is 11.8 Å². The molecule has 0 aromatic heterocycles. The second-order valence-corrected chi connectivity index (χ2v) is 13.8. The molecule has 6 atom stereocenters. The van der Waals surface area contributed by atoms with E-state index in [1.165, 1.54) is 11.8 Å². The highest BCUT2D eigenvalue weighted by Gasteiger charge is 2.74. The van der Waals surface area contributed by atoms with Crippen molar-refractivity contribution in [3.8, 4) is 0 Å². The SMILES string of the molecule is CC(C)(C)N1CC=C[C@]23S[C@@]4(C)/C=C\CCCOC(=O)[C@H]4[C@H]2C(=O)N([C@@H](CO)Cc2ccccc2)C3C1=O. The lowest BCUT2D eigenvalue weighted by Gasteiger charge is -2.42. The number of hydrogen-bond donors (Lipinski definition) is 1. The third-order valence-electron chi connectivity index (χ3n) is 8.42. The van der Waals surface area contributed by atoms with E-state index in [-0.39, 0.29) is 24.4 Å². The molecule has 2 amide bonds. The zero-order valence-corrected chi connectivity index (χ0v) is 23.4. The Balaban J connectivity index is 1.67. The molecule has 1 unspecified atom stereocenters. The van der Waals surface area contributed by atoms with E-state index in [1.54, 1.807) is 4.90 Å². The molecule has 1 aromatic carbocycles. The lowest BCUT2D eigenvalue weighted by Crippen LogP contribution is -2.60. The molecule has 1 N–H and O–H groups in total. The minimum Gasteiger partial charge on any atom is -0.465 e. The smallest absolute Gasteiger partial charge is 0.311 e. The van der Waals surface area contributed by atoms with Crippen molar-refractivity contribution >= 4 is 29.5 Å². The highest BCUT2D eigenvalue weighted by molar-refractivity contribution is 8.02. The van der Waals surface area contributed by atoms with Crippen LogP contribution in [0.15, 0.2) is 54.6 Å². The van der Waals surface area contributed by atoms with Crippen molar-refractivity contribution in [3.05, 3.63) is 60.2 Å². The van der Waals surface area contributed by atoms with Crippen LogP contribution in [0.25, 0.3) is 0 Å². The molecule has 38 heavy (non-hydrogen) atoms. The Labute approximate surface area is 229 Å². The summed E-state index contributed by atoms with van der Waals surface area (Å²) in [5.41, 5.74) is 0.497. The monoisotopic (exact) mass is 538 g/mol. The summed E-state index contributed by atoms with van der Waals surface area (Å²) < 4.78 is 4.03. The number of ether oxygens (including phenoxy) is 1. The number of nitrogens with zero attached hydrogens (tertiary/aromatic N) is 2. The Hall–Kier alpha value is -2.58. The summed E-state index contributed by atoms with van der Waals surface area (Å²) in [5.74, 6) is -2.31. The fourth-order valence-corrected chi connectivity index (χ4v) is 8.85. The summed E-state index contributed by atoms with van der Waals surface area (Å²) in [7, 11) is 0. The van der Waals surface area contributed by atoms with E-state index >= 15 is 0 Å². The minimum atomic E-state index is -0.958. The average molecular weight is 539 g/mol. The number of carbonyl (C=O) groups excluding carboxylic acids is 3. The van der Waals surface area contributed by atoms with Gasteiger partial charge in [-0.3, -0.25) is 14.4 Å². The Kier molecular flexibility index (Phi) is 7.01. The highest BCUT2D eigenvalue weighted by Crippen LogP contribution is 2.65. The zero-order chi connectivity index (χ0) is 27.3. The van der Waals surface area contributed by atoms with Crippen molar-refractivity contribution in [1.29, 1.82) is 0 Å². The van der Waals surface area contributed by atoms with Crippen molar-refractivity contribution in [1.82, 2.24) is 9.80 Å². The minimum absolute atomic E-state index is 0.148. The molecule has 8 heteroatoms. The van der Waals surface area contributed by atoms with Gasteiger partial charge in [0.1, 0.15) is 6.04 Å². The van der Waals surface area contributed by atoms with Crippen LogP contribution in [0.3, 0.4) is 0 Å². The summed E-state index contributed by atoms with van der Waals surface area (Å²) in [5, 5.41) is 10.6. The van der Waals surface area contributed by atoms with Crippen molar-refractivity contribution in [2.45, 2.75) is 74.1 Å². The maximum Gasteiger partial charge on any atom is 0.311 e. The summed E-state index contributed by atoms with van der Waals surface area (Å²) >= 11 is 1.54. The van der Waals surface area contributed by atoms with Crippen LogP contribution in [0.2, 0.25) is 0 Å². The van der Waals surface area contributed by atoms with Crippen molar-refractivity contribution in [3.63, 3.8) is 0 Å². The largest absolute Gasteiger partial charge is 0.465 e. The number of fused-ring (bicyclic) bond motifs is 2. The molecule has 1 spiro atoms. The van der Waals surface area contributed by atoms with Gasteiger partial charge in [-0.1, -0.05) is 54.6 Å². The fourth-order valence-electron chi connectivity index (χ4n) is 6.71. The number of benzene rings is 1. The lowest BCUT2D eigenvalue weighted by molar-refractivity contribution is -0.154. The molecule has 4 aliphatic heterocycles. The molecule has 2 fully saturated rings. The molecule has 4 aliphatic rings. The Morgan fingerprint density at radius 3 is 2.50 bits per heavy atom. The van der Waals surface area contributed by atoms with Gasteiger partial charge in [-0.2, -0.15) is 0 Å². The Morgan fingerprint density at radius 2 is 1.82 bits per heavy atom. The maximum absolute atomic E-state index is 14.5. The predicted molar refractivity (Wildman–Crippen MR) is 147 cm³/mol. The number of allylic oxidation sites excluding steroid dienone is 1. The standard InChI is InChI=1S/C30H38N2O5S/c1-28(2,3)31-16-11-15-30-22(23-27(36)37-17-10-6-9-14-29(23,4)38-30)25(34)32(24(30)26(31)35)21(19-33)18-20-12-7-5-8-13-20/h5,7-9,11-15,21-24,33H,6,10,16-19H2,1-4H3/b14-9-/t21-,22+,23-,24?,29+,30+/m1/s1. The summed E-state index contributed by atoms with van der Waals surface area (Å²) in [6, 6.07) is 8.24. The van der Waals surface area contributed by atoms with Gasteiger partial charge in [0.05, 0.1) is 35.8 Å². The van der Waals surface area contributed by atoms with Gasteiger partial charge >= 0.3 is 5.97 Å². The first-order valence-electron chi connectivity index (χ1n) is 13.5. The van der Waals surface area contributed by atoms with E-state index < -0.39 is 39.0 Å². The molecule has 5 rings (SSSR count). The molecule has 1 aromatic rings. The lowest BCUT2D eigenvalue weighted by atomic mass is 9.74. The molecule has 0 bridgehead atoms. The van der Waals surface area contributed by atoms with E-state index in [0.717, 1.165) is 18.4 Å². The van der Waals surface area contributed by atoms with E-state index in [9.17, 15) is 19.5 Å². The van der Waals surface area contributed by atoms with Gasteiger partial charge in [0.2, 0.25) is 11.8 Å². The van der Waals surface area contributed by atoms with Crippen LogP contribution >= 0.6 is 11.8 Å². The number of amides is 2. The van der Waals surface area contributed by atoms with Gasteiger partial charge in [0.15, 0.2) is 0 Å². The average Bonchev–Trinajstić information content (AvgIpc) is 3.21. The predicted octanol–water partition coefficient (Wildman–Crippen LogP) is 3.37. The number of likely N-dealkylation sites (tertiary alicyclic amines) is 1. The molecule has 0 aliphatic carbocycles. The maximum atomic E-state index is 14.5. The topological polar surface area (TPSA) is 87.2 Å². The number of cyclic esters (lactones) is 1. The number of aliphatic hydroxyl groups excluding tert-OH is 1. The molecule has 7 nitrogen and oxygen atoms in total. The number of esters is 1. The second-order valence-electron chi connectivity index (χ2n) is 12.0. The number of aliphatic hydroxyl groups is 1. The van der Waals surface area contributed by atoms with Gasteiger partial charge < -0.3 is 19.6 Å². The first-order chi connectivity index (χ1) is 18.0. The van der Waals surface area contributed by atoms with Gasteiger partial charge in [0.25, 0.3) is 0 Å². The quantitative estimate of drug-likeness (QED) is 0.467. The number of rotatable bonds is 4. The van der Waals surface area contributed by atoms with Crippen LogP contribution in [0.4, 0.5) is 0 Å². The molecular formula is C30H38N2O5S. The van der Waals surface area contributed by atoms with E-state index in [0.29, 0.717) is 19.6 Å². The van der Waals surface area contributed by atoms with E-state index in [4.69, 9.17) is 4.74 Å². The molecule has 204 valence electrons. The van der Waals surface area contributed by atoms with Gasteiger partial charge in [-0.05, 0) is 52.5 Å². The number of thioether (sulfide) groups is 1. The zero-order valence-electron chi connectivity index (χ0n) is 22.6. The normalized spacial score (nSPS) is 34.9. The highest BCUT2D eigenvalue weighted by atomic mass is 32.2. The number of hydrogen-bond acceptors (Lipinski definition) is 6. The molecular weight excluding hydrogens is 500 g/mol. The Morgan fingerprint density at radius 1 is 1.08 bits per heavy atom. The summed E-state index contributed by atoms with van der Waals surface area (Å²) in [6.45, 7) is 8.40. The van der Waals surface area contributed by atoms with Gasteiger partial charge in [-0.15, -0.1) is 11.8 Å². The third-order valence-corrected chi connectivity index (χ3v) is 10.2. The van der Waals surface area contributed by atoms with Gasteiger partial charge in [-0.25, -0.2) is 0 Å². The van der Waals surface area contributed by atoms with Crippen LogP contribution in [0, 0.1) is 11.8 Å². The van der Waals surface area contributed by atoms with Gasteiger partial charge in [0, 0.05) is 16.8 Å². The second kappa shape index (κ2) is 9.87. The van der Waals surface area contributed by atoms with Crippen LogP contribution in [-0.2, 0) is 25.5 Å². The molecule has 4 heterocycles. The van der Waals surface area contributed by atoms with E-state index in [1.807, 2.05) is 75.1 Å². The summed E-state index contributed by atoms with van der Waals surface area (Å²) in [6.07, 6.45) is 10.0. The summed E-state index contributed by atoms with van der Waals surface area (Å²) in [4.78, 5) is 46.0. The first-order valence-corrected chi connectivity index (χ1v) is 14.4. The van der Waals surface area contributed by atoms with E-state index in [2.05, 4.69) is 12.2 Å². The first kappa shape index (κ1) is 27.0. The third kappa shape index (κ3) is 4.30. The molecule has 0 saturated carbocycles. The van der Waals surface area contributed by atoms with Crippen molar-refractivity contribution in [2.75, 3.05) is 19.8 Å². The van der Waals surface area contributed by atoms with Crippen molar-refractivity contribution < 1.29 is 24.2 Å². The molecule has 2 saturated heterocycles. The van der Waals surface area contributed by atoms with Crippen LogP contribution < -0.4 is 0 Å². The van der Waals surface area contributed by atoms with Crippen LogP contribution in [0.1, 0.15) is 46.1 Å².